The first-order valence-electron chi connectivity index (χ1n) is 23.4. The van der Waals surface area contributed by atoms with E-state index >= 15 is 0 Å². The van der Waals surface area contributed by atoms with E-state index in [1.807, 2.05) is 0 Å². The van der Waals surface area contributed by atoms with Gasteiger partial charge in [-0.05, 0) is 105 Å². The summed E-state index contributed by atoms with van der Waals surface area (Å²) in [5.74, 6) is 3.58. The second-order valence-corrected chi connectivity index (χ2v) is 19.7. The zero-order valence-corrected chi connectivity index (χ0v) is 33.0. The Hall–Kier alpha value is -0.850. The number of rotatable bonds is 10. The zero-order valence-electron chi connectivity index (χ0n) is 33.0. The smallest absolute Gasteiger partial charge is 0.307 e. The summed E-state index contributed by atoms with van der Waals surface area (Å²) in [6.07, 6.45) is 31.2. The number of aliphatic carboxylic acids is 1. The van der Waals surface area contributed by atoms with E-state index in [-0.39, 0.29) is 48.6 Å². The number of hydrogen-bond acceptors (Lipinski definition) is 9. The van der Waals surface area contributed by atoms with Crippen LogP contribution >= 0.6 is 0 Å². The Morgan fingerprint density at radius 1 is 0.434 bits per heavy atom. The Labute approximate surface area is 320 Å². The maximum absolute atomic E-state index is 13.5. The zero-order chi connectivity index (χ0) is 35.9. The van der Waals surface area contributed by atoms with Gasteiger partial charge in [0, 0.05) is 5.92 Å². The maximum Gasteiger partial charge on any atom is 0.307 e. The molecule has 0 aromatic rings. The second-order valence-electron chi connectivity index (χ2n) is 19.7. The quantitative estimate of drug-likeness (QED) is 0.129. The molecule has 300 valence electrons. The van der Waals surface area contributed by atoms with E-state index in [1.165, 1.54) is 128 Å². The van der Waals surface area contributed by atoms with Gasteiger partial charge in [0.1, 0.15) is 0 Å². The summed E-state index contributed by atoms with van der Waals surface area (Å²) in [4.78, 5) is 13.5. The van der Waals surface area contributed by atoms with E-state index in [0.29, 0.717) is 59.9 Å². The summed E-state index contributed by atoms with van der Waals surface area (Å²) in [6, 6.07) is 0. The Balaban J connectivity index is 0.980. The monoisotopic (exact) mass is 737 g/mol. The lowest BCUT2D eigenvalue weighted by molar-refractivity contribution is -0.149. The minimum atomic E-state index is -0.557. The molecule has 10 heteroatoms. The lowest BCUT2D eigenvalue weighted by Crippen LogP contribution is -2.62. The van der Waals surface area contributed by atoms with Crippen molar-refractivity contribution in [2.24, 2.45) is 59.2 Å². The molecule has 18 unspecified atom stereocenters. The normalized spacial score (nSPS) is 49.2. The fraction of sp³-hybridized carbons (Fsp3) is 0.977. The van der Waals surface area contributed by atoms with Gasteiger partial charge in [-0.25, -0.2) is 0 Å². The molecule has 10 nitrogen and oxygen atoms in total. The van der Waals surface area contributed by atoms with Gasteiger partial charge in [-0.1, -0.05) is 96.8 Å². The molecule has 5 aliphatic heterocycles. The molecule has 4 saturated carbocycles. The van der Waals surface area contributed by atoms with Crippen molar-refractivity contribution in [1.82, 2.24) is 42.5 Å². The van der Waals surface area contributed by atoms with Gasteiger partial charge in [0.25, 0.3) is 0 Å². The van der Waals surface area contributed by atoms with Gasteiger partial charge in [0.15, 0.2) is 0 Å². The summed E-state index contributed by atoms with van der Waals surface area (Å²) < 4.78 is 0. The van der Waals surface area contributed by atoms with Crippen LogP contribution in [0.4, 0.5) is 0 Å². The lowest BCUT2D eigenvalue weighted by Gasteiger charge is -2.42. The number of carboxylic acid groups (broad SMARTS) is 1. The van der Waals surface area contributed by atoms with E-state index in [2.05, 4.69) is 49.5 Å². The largest absolute Gasteiger partial charge is 0.481 e. The van der Waals surface area contributed by atoms with Crippen molar-refractivity contribution in [3.05, 3.63) is 0 Å². The van der Waals surface area contributed by atoms with Crippen LogP contribution in [0.3, 0.4) is 0 Å². The number of carboxylic acids is 1. The Bertz CT molecular complexity index is 1220. The topological polar surface area (TPSA) is 134 Å². The average Bonchev–Trinajstić information content (AvgIpc) is 3.91. The molecule has 0 radical (unpaired) electrons. The van der Waals surface area contributed by atoms with Crippen molar-refractivity contribution in [3.63, 3.8) is 0 Å². The van der Waals surface area contributed by atoms with Gasteiger partial charge in [0.2, 0.25) is 0 Å². The van der Waals surface area contributed by atoms with Crippen LogP contribution in [0.1, 0.15) is 155 Å². The van der Waals surface area contributed by atoms with E-state index in [0.717, 1.165) is 19.3 Å². The average molecular weight is 737 g/mol. The molecule has 0 amide bonds. The third-order valence-electron chi connectivity index (χ3n) is 16.9. The molecule has 9 N–H and O–H groups in total. The van der Waals surface area contributed by atoms with Gasteiger partial charge < -0.3 is 5.11 Å². The first kappa shape index (κ1) is 37.7. The Kier molecular flexibility index (Phi) is 12.1. The fourth-order valence-electron chi connectivity index (χ4n) is 14.4. The number of carbonyl (C=O) groups is 1. The molecule has 4 aliphatic carbocycles. The number of unbranched alkanes of at least 4 members (excludes halogenated alkanes) is 7. The van der Waals surface area contributed by atoms with Crippen LogP contribution in [-0.4, -0.2) is 60.4 Å². The lowest BCUT2D eigenvalue weighted by atomic mass is 9.64. The standard InChI is InChI=1S/C43H76N8O2/c1-2-3-4-5-6-7-8-9-16-25-23-24-32-34(33(25)43(52)53)42-50-40-31-22-15-14-21-30(31)38(48-40)46-36-27-18-11-10-17-26(27)35(44-36)45-37-28-19-12-13-20-29(28)39(47-37)49-41(32)51-42/h25-42,44-51H,2-24H2,1H3,(H,52,53). The molecule has 0 spiro atoms. The first-order valence-corrected chi connectivity index (χ1v) is 23.4. The van der Waals surface area contributed by atoms with E-state index < -0.39 is 5.97 Å². The molecule has 0 aromatic carbocycles. The van der Waals surface area contributed by atoms with Crippen molar-refractivity contribution < 1.29 is 9.90 Å². The highest BCUT2D eigenvalue weighted by Gasteiger charge is 2.57. The van der Waals surface area contributed by atoms with Crippen LogP contribution in [0, 0.1) is 59.2 Å². The predicted molar refractivity (Wildman–Crippen MR) is 210 cm³/mol. The summed E-state index contributed by atoms with van der Waals surface area (Å²) in [7, 11) is 0. The minimum absolute atomic E-state index is 0.0131. The molecule has 9 fully saturated rings. The third-order valence-corrected chi connectivity index (χ3v) is 16.9. The first-order chi connectivity index (χ1) is 26.1. The predicted octanol–water partition coefficient (Wildman–Crippen LogP) is 5.67. The molecule has 8 bridgehead atoms. The van der Waals surface area contributed by atoms with Gasteiger partial charge >= 0.3 is 5.97 Å². The van der Waals surface area contributed by atoms with Crippen LogP contribution < -0.4 is 42.5 Å². The number of fused-ring (bicyclic) bond motifs is 20. The van der Waals surface area contributed by atoms with Gasteiger partial charge in [-0.2, -0.15) is 0 Å². The van der Waals surface area contributed by atoms with E-state index in [4.69, 9.17) is 0 Å². The highest BCUT2D eigenvalue weighted by molar-refractivity contribution is 5.71. The molecule has 53 heavy (non-hydrogen) atoms. The fourth-order valence-corrected chi connectivity index (χ4v) is 14.4. The van der Waals surface area contributed by atoms with Gasteiger partial charge in [-0.3, -0.25) is 47.3 Å². The minimum Gasteiger partial charge on any atom is -0.481 e. The molecule has 5 heterocycles. The van der Waals surface area contributed by atoms with Crippen LogP contribution in [0.5, 0.6) is 0 Å². The highest BCUT2D eigenvalue weighted by atomic mass is 16.4. The highest BCUT2D eigenvalue weighted by Crippen LogP contribution is 2.49. The van der Waals surface area contributed by atoms with Crippen molar-refractivity contribution in [2.45, 2.75) is 204 Å². The number of nitrogens with one attached hydrogen (secondary N) is 8. The van der Waals surface area contributed by atoms with Gasteiger partial charge in [-0.15, -0.1) is 0 Å². The molecular weight excluding hydrogens is 661 g/mol. The molecule has 9 aliphatic rings. The molecule has 0 aromatic heterocycles. The summed E-state index contributed by atoms with van der Waals surface area (Å²) in [6.45, 7) is 2.29. The van der Waals surface area contributed by atoms with Crippen LogP contribution in [0.25, 0.3) is 0 Å². The molecular formula is C43H76N8O2. The van der Waals surface area contributed by atoms with Crippen molar-refractivity contribution in [1.29, 1.82) is 0 Å². The van der Waals surface area contributed by atoms with E-state index in [9.17, 15) is 9.90 Å². The summed E-state index contributed by atoms with van der Waals surface area (Å²) in [5, 5.41) is 44.6. The second kappa shape index (κ2) is 16.9. The van der Waals surface area contributed by atoms with Crippen LogP contribution in [-0.2, 0) is 4.79 Å². The van der Waals surface area contributed by atoms with Crippen LogP contribution in [0.15, 0.2) is 0 Å². The maximum atomic E-state index is 13.5. The summed E-state index contributed by atoms with van der Waals surface area (Å²) >= 11 is 0. The van der Waals surface area contributed by atoms with Crippen molar-refractivity contribution >= 4 is 5.97 Å². The Morgan fingerprint density at radius 3 is 1.15 bits per heavy atom. The van der Waals surface area contributed by atoms with Gasteiger partial charge in [0.05, 0.1) is 55.2 Å². The molecule has 5 saturated heterocycles. The van der Waals surface area contributed by atoms with Crippen molar-refractivity contribution in [2.75, 3.05) is 0 Å². The SMILES string of the molecule is CCCCCCCCCCC1CCC2C3NC4NC(NC5NC(NC6NC(NC(N3)C2C1C(=O)O)C1CCCCC61)C1CCCCC51)C1CCCCC41. The molecule has 18 atom stereocenters. The van der Waals surface area contributed by atoms with Crippen LogP contribution in [0.2, 0.25) is 0 Å². The third kappa shape index (κ3) is 7.64. The van der Waals surface area contributed by atoms with E-state index in [1.54, 1.807) is 0 Å². The Morgan fingerprint density at radius 2 is 0.774 bits per heavy atom. The van der Waals surface area contributed by atoms with Crippen molar-refractivity contribution in [3.8, 4) is 0 Å². The number of hydrogen-bond donors (Lipinski definition) is 9. The summed E-state index contributed by atoms with van der Waals surface area (Å²) in [5.41, 5.74) is 0. The molecule has 9 rings (SSSR count).